The Kier molecular flexibility index (Phi) is 7.69. The number of benzene rings is 2. The minimum atomic E-state index is -0.227. The van der Waals surface area contributed by atoms with Gasteiger partial charge in [-0.15, -0.1) is 0 Å². The summed E-state index contributed by atoms with van der Waals surface area (Å²) in [6, 6.07) is 12.3. The molecule has 30 heavy (non-hydrogen) atoms. The van der Waals surface area contributed by atoms with Gasteiger partial charge in [-0.25, -0.2) is 4.39 Å². The molecule has 0 spiro atoms. The van der Waals surface area contributed by atoms with E-state index in [2.05, 4.69) is 13.8 Å². The van der Waals surface area contributed by atoms with Crippen LogP contribution in [-0.2, 0) is 11.3 Å². The van der Waals surface area contributed by atoms with Crippen molar-refractivity contribution in [3.8, 4) is 5.75 Å². The Hall–Kier alpha value is -2.60. The number of rotatable bonds is 8. The second-order valence-electron chi connectivity index (χ2n) is 7.90. The first-order valence-electron chi connectivity index (χ1n) is 10.6. The Morgan fingerprint density at radius 2 is 1.83 bits per heavy atom. The largest absolute Gasteiger partial charge is 0.494 e. The molecule has 1 fully saturated rings. The highest BCUT2D eigenvalue weighted by atomic mass is 19.1. The van der Waals surface area contributed by atoms with Gasteiger partial charge in [-0.05, 0) is 43.2 Å². The molecule has 2 aromatic carbocycles. The lowest BCUT2D eigenvalue weighted by Gasteiger charge is -2.36. The molecular weight excluding hydrogens is 383 g/mol. The van der Waals surface area contributed by atoms with Crippen molar-refractivity contribution in [1.82, 2.24) is 4.90 Å². The Morgan fingerprint density at radius 3 is 2.50 bits per heavy atom. The Bertz CT molecular complexity index is 848. The molecular formula is C24H31FN2O3. The lowest BCUT2D eigenvalue weighted by molar-refractivity contribution is 0.0745. The van der Waals surface area contributed by atoms with Gasteiger partial charge >= 0.3 is 0 Å². The Balaban J connectivity index is 1.66. The molecule has 0 atom stereocenters. The first-order valence-corrected chi connectivity index (χ1v) is 10.6. The van der Waals surface area contributed by atoms with E-state index in [1.165, 1.54) is 6.07 Å². The van der Waals surface area contributed by atoms with Crippen LogP contribution in [0, 0.1) is 11.7 Å². The molecule has 0 aromatic heterocycles. The van der Waals surface area contributed by atoms with Gasteiger partial charge in [0.25, 0.3) is 5.91 Å². The molecule has 1 aliphatic heterocycles. The zero-order valence-corrected chi connectivity index (χ0v) is 18.1. The zero-order valence-electron chi connectivity index (χ0n) is 18.1. The summed E-state index contributed by atoms with van der Waals surface area (Å²) >= 11 is 0. The van der Waals surface area contributed by atoms with Crippen LogP contribution in [-0.4, -0.2) is 50.2 Å². The summed E-state index contributed by atoms with van der Waals surface area (Å²) in [6.07, 6.45) is 0. The first-order chi connectivity index (χ1) is 14.5. The molecule has 2 aromatic rings. The monoisotopic (exact) mass is 414 g/mol. The number of nitrogens with zero attached hydrogens (tertiary/aromatic N) is 2. The SMILES string of the molecule is CCOc1ccc(C(=O)N2CCN(c3ccccc3F)CC2)cc1COCC(C)C. The first kappa shape index (κ1) is 22.1. The number of para-hydroxylation sites is 1. The van der Waals surface area contributed by atoms with Gasteiger partial charge in [0.15, 0.2) is 0 Å². The third kappa shape index (κ3) is 5.51. The molecule has 0 N–H and O–H groups in total. The van der Waals surface area contributed by atoms with Crippen LogP contribution in [0.2, 0.25) is 0 Å². The van der Waals surface area contributed by atoms with Crippen LogP contribution in [0.5, 0.6) is 5.75 Å². The van der Waals surface area contributed by atoms with Crippen molar-refractivity contribution in [2.24, 2.45) is 5.92 Å². The number of ether oxygens (including phenoxy) is 2. The predicted molar refractivity (Wildman–Crippen MR) is 117 cm³/mol. The van der Waals surface area contributed by atoms with Crippen molar-refractivity contribution in [1.29, 1.82) is 0 Å². The summed E-state index contributed by atoms with van der Waals surface area (Å²) in [5.41, 5.74) is 2.10. The topological polar surface area (TPSA) is 42.0 Å². The molecule has 0 saturated carbocycles. The summed E-state index contributed by atoms with van der Waals surface area (Å²) in [6.45, 7) is 10.1. The van der Waals surface area contributed by atoms with Gasteiger partial charge in [0.05, 0.1) is 18.9 Å². The minimum Gasteiger partial charge on any atom is -0.494 e. The molecule has 0 bridgehead atoms. The summed E-state index contributed by atoms with van der Waals surface area (Å²) in [5.74, 6) is 0.949. The van der Waals surface area contributed by atoms with E-state index in [1.54, 1.807) is 12.1 Å². The van der Waals surface area contributed by atoms with Gasteiger partial charge in [-0.3, -0.25) is 4.79 Å². The number of carbonyl (C=O) groups is 1. The smallest absolute Gasteiger partial charge is 0.253 e. The number of hydrogen-bond acceptors (Lipinski definition) is 4. The third-order valence-corrected chi connectivity index (χ3v) is 5.08. The fourth-order valence-electron chi connectivity index (χ4n) is 3.57. The average Bonchev–Trinajstić information content (AvgIpc) is 2.75. The van der Waals surface area contributed by atoms with Crippen molar-refractivity contribution >= 4 is 11.6 Å². The normalized spacial score (nSPS) is 14.3. The van der Waals surface area contributed by atoms with Crippen LogP contribution in [0.4, 0.5) is 10.1 Å². The molecule has 0 aliphatic carbocycles. The van der Waals surface area contributed by atoms with Gasteiger partial charge in [-0.2, -0.15) is 0 Å². The van der Waals surface area contributed by atoms with Gasteiger partial charge in [0, 0.05) is 43.9 Å². The highest BCUT2D eigenvalue weighted by Gasteiger charge is 2.24. The fourth-order valence-corrected chi connectivity index (χ4v) is 3.57. The maximum atomic E-state index is 14.0. The lowest BCUT2D eigenvalue weighted by Crippen LogP contribution is -2.49. The van der Waals surface area contributed by atoms with E-state index in [-0.39, 0.29) is 11.7 Å². The third-order valence-electron chi connectivity index (χ3n) is 5.08. The summed E-state index contributed by atoms with van der Waals surface area (Å²) in [4.78, 5) is 16.9. The molecule has 0 unspecified atom stereocenters. The summed E-state index contributed by atoms with van der Waals surface area (Å²) in [5, 5.41) is 0. The molecule has 3 rings (SSSR count). The highest BCUT2D eigenvalue weighted by molar-refractivity contribution is 5.94. The quantitative estimate of drug-likeness (QED) is 0.644. The van der Waals surface area contributed by atoms with Crippen LogP contribution in [0.1, 0.15) is 36.7 Å². The van der Waals surface area contributed by atoms with E-state index in [0.29, 0.717) is 63.2 Å². The maximum Gasteiger partial charge on any atom is 0.253 e. The van der Waals surface area contributed by atoms with Crippen LogP contribution >= 0.6 is 0 Å². The van der Waals surface area contributed by atoms with Crippen LogP contribution in [0.3, 0.4) is 0 Å². The summed E-state index contributed by atoms with van der Waals surface area (Å²) in [7, 11) is 0. The molecule has 1 aliphatic rings. The van der Waals surface area contributed by atoms with Gasteiger partial charge in [0.1, 0.15) is 11.6 Å². The lowest BCUT2D eigenvalue weighted by atomic mass is 10.1. The van der Waals surface area contributed by atoms with Crippen molar-refractivity contribution < 1.29 is 18.7 Å². The van der Waals surface area contributed by atoms with Crippen LogP contribution < -0.4 is 9.64 Å². The van der Waals surface area contributed by atoms with E-state index in [0.717, 1.165) is 11.3 Å². The molecule has 1 heterocycles. The fraction of sp³-hybridized carbons (Fsp3) is 0.458. The molecule has 0 radical (unpaired) electrons. The number of halogens is 1. The number of piperazine rings is 1. The maximum absolute atomic E-state index is 14.0. The van der Waals surface area contributed by atoms with E-state index in [9.17, 15) is 9.18 Å². The van der Waals surface area contributed by atoms with Crippen LogP contribution in [0.15, 0.2) is 42.5 Å². The molecule has 1 saturated heterocycles. The number of anilines is 1. The molecule has 1 amide bonds. The van der Waals surface area contributed by atoms with Gasteiger partial charge in [0.2, 0.25) is 0 Å². The predicted octanol–water partition coefficient (Wildman–Crippen LogP) is 4.36. The van der Waals surface area contributed by atoms with E-state index in [1.807, 2.05) is 41.0 Å². The highest BCUT2D eigenvalue weighted by Crippen LogP contribution is 2.24. The number of carbonyl (C=O) groups excluding carboxylic acids is 1. The summed E-state index contributed by atoms with van der Waals surface area (Å²) < 4.78 is 25.5. The van der Waals surface area contributed by atoms with Crippen molar-refractivity contribution in [2.45, 2.75) is 27.4 Å². The molecule has 5 nitrogen and oxygen atoms in total. The van der Waals surface area contributed by atoms with Crippen LogP contribution in [0.25, 0.3) is 0 Å². The van der Waals surface area contributed by atoms with E-state index >= 15 is 0 Å². The molecule has 162 valence electrons. The van der Waals surface area contributed by atoms with Gasteiger partial charge < -0.3 is 19.3 Å². The van der Waals surface area contributed by atoms with Gasteiger partial charge in [-0.1, -0.05) is 26.0 Å². The van der Waals surface area contributed by atoms with E-state index in [4.69, 9.17) is 9.47 Å². The number of hydrogen-bond donors (Lipinski definition) is 0. The Morgan fingerprint density at radius 1 is 1.10 bits per heavy atom. The Labute approximate surface area is 178 Å². The number of amides is 1. The standard InChI is InChI=1S/C24H31FN2O3/c1-4-30-23-10-9-19(15-20(23)17-29-16-18(2)3)24(28)27-13-11-26(12-14-27)22-8-6-5-7-21(22)25/h5-10,15,18H,4,11-14,16-17H2,1-3H3. The minimum absolute atomic E-state index is 0.0173. The van der Waals surface area contributed by atoms with Crippen molar-refractivity contribution in [3.63, 3.8) is 0 Å². The average molecular weight is 415 g/mol. The second-order valence-corrected chi connectivity index (χ2v) is 7.90. The second kappa shape index (κ2) is 10.4. The van der Waals surface area contributed by atoms with Crippen molar-refractivity contribution in [3.05, 3.63) is 59.4 Å². The van der Waals surface area contributed by atoms with Crippen molar-refractivity contribution in [2.75, 3.05) is 44.3 Å². The van der Waals surface area contributed by atoms with E-state index < -0.39 is 0 Å². The molecule has 6 heteroatoms. The zero-order chi connectivity index (χ0) is 21.5.